The van der Waals surface area contributed by atoms with Crippen molar-refractivity contribution in [1.82, 2.24) is 9.21 Å². The standard InChI is InChI=1S/C15H23ClN2O3S/c1-4-9-21-14-10-12(2)13(16)11-15(14)22(19,20)18-7-5-17(3)6-8-18/h10-11H,4-9H2,1-3H3. The fourth-order valence-electron chi connectivity index (χ4n) is 2.33. The molecule has 0 saturated carbocycles. The number of benzene rings is 1. The number of aryl methyl sites for hydroxylation is 1. The minimum Gasteiger partial charge on any atom is -0.492 e. The van der Waals surface area contributed by atoms with Crippen LogP contribution in [0.1, 0.15) is 18.9 Å². The number of hydrogen-bond acceptors (Lipinski definition) is 4. The average molecular weight is 347 g/mol. The fraction of sp³-hybridized carbons (Fsp3) is 0.600. The summed E-state index contributed by atoms with van der Waals surface area (Å²) in [6, 6.07) is 3.22. The van der Waals surface area contributed by atoms with Crippen LogP contribution in [0.4, 0.5) is 0 Å². The van der Waals surface area contributed by atoms with Gasteiger partial charge in [-0.25, -0.2) is 8.42 Å². The molecule has 0 aromatic heterocycles. The lowest BCUT2D eigenvalue weighted by Gasteiger charge is -2.32. The van der Waals surface area contributed by atoms with E-state index in [0.717, 1.165) is 25.1 Å². The zero-order chi connectivity index (χ0) is 16.3. The molecule has 0 bridgehead atoms. The largest absolute Gasteiger partial charge is 0.492 e. The van der Waals surface area contributed by atoms with E-state index in [1.54, 1.807) is 6.07 Å². The number of halogens is 1. The molecule has 0 atom stereocenters. The van der Waals surface area contributed by atoms with Gasteiger partial charge in [-0.3, -0.25) is 0 Å². The van der Waals surface area contributed by atoms with Gasteiger partial charge in [0.15, 0.2) is 0 Å². The Morgan fingerprint density at radius 3 is 2.45 bits per heavy atom. The predicted molar refractivity (Wildman–Crippen MR) is 88.2 cm³/mol. The third-order valence-electron chi connectivity index (χ3n) is 3.77. The second kappa shape index (κ2) is 7.17. The van der Waals surface area contributed by atoms with E-state index < -0.39 is 10.0 Å². The number of likely N-dealkylation sites (N-methyl/N-ethyl adjacent to an activating group) is 1. The maximum absolute atomic E-state index is 12.9. The molecule has 0 spiro atoms. The van der Waals surface area contributed by atoms with E-state index >= 15 is 0 Å². The Morgan fingerprint density at radius 1 is 1.23 bits per heavy atom. The molecule has 2 rings (SSSR count). The average Bonchev–Trinajstić information content (AvgIpc) is 2.48. The van der Waals surface area contributed by atoms with Gasteiger partial charge >= 0.3 is 0 Å². The smallest absolute Gasteiger partial charge is 0.246 e. The molecule has 0 radical (unpaired) electrons. The van der Waals surface area contributed by atoms with Gasteiger partial charge in [-0.15, -0.1) is 0 Å². The highest BCUT2D eigenvalue weighted by molar-refractivity contribution is 7.89. The van der Waals surface area contributed by atoms with Crippen molar-refractivity contribution < 1.29 is 13.2 Å². The van der Waals surface area contributed by atoms with Gasteiger partial charge in [-0.1, -0.05) is 18.5 Å². The van der Waals surface area contributed by atoms with Crippen molar-refractivity contribution in [2.75, 3.05) is 39.8 Å². The van der Waals surface area contributed by atoms with Crippen LogP contribution in [-0.2, 0) is 10.0 Å². The quantitative estimate of drug-likeness (QED) is 0.821. The minimum atomic E-state index is -3.59. The SMILES string of the molecule is CCCOc1cc(C)c(Cl)cc1S(=O)(=O)N1CCN(C)CC1. The lowest BCUT2D eigenvalue weighted by atomic mass is 10.2. The van der Waals surface area contributed by atoms with Gasteiger partial charge in [0.2, 0.25) is 10.0 Å². The maximum Gasteiger partial charge on any atom is 0.246 e. The van der Waals surface area contributed by atoms with Crippen LogP contribution >= 0.6 is 11.6 Å². The van der Waals surface area contributed by atoms with E-state index in [1.165, 1.54) is 10.4 Å². The van der Waals surface area contributed by atoms with Gasteiger partial charge in [0.1, 0.15) is 10.6 Å². The number of hydrogen-bond donors (Lipinski definition) is 0. The molecule has 1 aromatic rings. The Hall–Kier alpha value is -0.820. The number of piperazine rings is 1. The molecule has 0 aliphatic carbocycles. The topological polar surface area (TPSA) is 49.9 Å². The lowest BCUT2D eigenvalue weighted by molar-refractivity contribution is 0.221. The summed E-state index contributed by atoms with van der Waals surface area (Å²) >= 11 is 6.14. The Labute approximate surface area is 137 Å². The molecule has 1 heterocycles. The van der Waals surface area contributed by atoms with Crippen molar-refractivity contribution in [2.45, 2.75) is 25.2 Å². The van der Waals surface area contributed by atoms with Gasteiger partial charge in [-0.2, -0.15) is 4.31 Å². The fourth-order valence-corrected chi connectivity index (χ4v) is 4.12. The number of ether oxygens (including phenoxy) is 1. The lowest BCUT2D eigenvalue weighted by Crippen LogP contribution is -2.47. The molecule has 22 heavy (non-hydrogen) atoms. The minimum absolute atomic E-state index is 0.168. The summed E-state index contributed by atoms with van der Waals surface area (Å²) in [4.78, 5) is 2.28. The molecule has 1 fully saturated rings. The third kappa shape index (κ3) is 3.74. The van der Waals surface area contributed by atoms with Crippen LogP contribution in [0.15, 0.2) is 17.0 Å². The van der Waals surface area contributed by atoms with Crippen LogP contribution < -0.4 is 4.74 Å². The maximum atomic E-state index is 12.9. The van der Waals surface area contributed by atoms with Crippen LogP contribution in [0.3, 0.4) is 0 Å². The van der Waals surface area contributed by atoms with Gasteiger partial charge in [0.25, 0.3) is 0 Å². The summed E-state index contributed by atoms with van der Waals surface area (Å²) in [6.07, 6.45) is 0.815. The van der Waals surface area contributed by atoms with Crippen molar-refractivity contribution in [3.8, 4) is 5.75 Å². The first-order valence-corrected chi connectivity index (χ1v) is 9.29. The molecule has 124 valence electrons. The first-order chi connectivity index (χ1) is 10.4. The van der Waals surface area contributed by atoms with Crippen LogP contribution in [0.2, 0.25) is 5.02 Å². The number of sulfonamides is 1. The van der Waals surface area contributed by atoms with E-state index in [4.69, 9.17) is 16.3 Å². The summed E-state index contributed by atoms with van der Waals surface area (Å²) in [5, 5.41) is 0.441. The summed E-state index contributed by atoms with van der Waals surface area (Å²) in [7, 11) is -1.60. The zero-order valence-electron chi connectivity index (χ0n) is 13.3. The second-order valence-corrected chi connectivity index (χ2v) is 7.92. The third-order valence-corrected chi connectivity index (χ3v) is 6.09. The van der Waals surface area contributed by atoms with Crippen molar-refractivity contribution >= 4 is 21.6 Å². The summed E-state index contributed by atoms with van der Waals surface area (Å²) in [5.74, 6) is 0.391. The van der Waals surface area contributed by atoms with E-state index in [1.807, 2.05) is 20.9 Å². The van der Waals surface area contributed by atoms with Crippen molar-refractivity contribution in [1.29, 1.82) is 0 Å². The Morgan fingerprint density at radius 2 is 1.86 bits per heavy atom. The van der Waals surface area contributed by atoms with E-state index in [-0.39, 0.29) is 4.90 Å². The first kappa shape index (κ1) is 17.5. The summed E-state index contributed by atoms with van der Waals surface area (Å²) in [6.45, 7) is 6.72. The van der Waals surface area contributed by atoms with E-state index in [9.17, 15) is 8.42 Å². The molecule has 1 aromatic carbocycles. The Bertz CT molecular complexity index is 626. The van der Waals surface area contributed by atoms with Crippen molar-refractivity contribution in [2.24, 2.45) is 0 Å². The zero-order valence-corrected chi connectivity index (χ0v) is 14.9. The van der Waals surface area contributed by atoms with Crippen LogP contribution in [0.5, 0.6) is 5.75 Å². The van der Waals surface area contributed by atoms with Crippen molar-refractivity contribution in [3.05, 3.63) is 22.7 Å². The van der Waals surface area contributed by atoms with Gasteiger partial charge < -0.3 is 9.64 Å². The summed E-state index contributed by atoms with van der Waals surface area (Å²) < 4.78 is 33.0. The molecule has 0 amide bonds. The van der Waals surface area contributed by atoms with Gasteiger partial charge in [0.05, 0.1) is 6.61 Å². The Balaban J connectivity index is 2.38. The highest BCUT2D eigenvalue weighted by Crippen LogP contribution is 2.32. The van der Waals surface area contributed by atoms with Crippen LogP contribution in [-0.4, -0.2) is 57.5 Å². The first-order valence-electron chi connectivity index (χ1n) is 7.48. The highest BCUT2D eigenvalue weighted by atomic mass is 35.5. The monoisotopic (exact) mass is 346 g/mol. The molecule has 1 aliphatic heterocycles. The summed E-state index contributed by atoms with van der Waals surface area (Å²) in [5.41, 5.74) is 0.810. The van der Waals surface area contributed by atoms with Gasteiger partial charge in [-0.05, 0) is 38.1 Å². The Kier molecular flexibility index (Phi) is 5.71. The highest BCUT2D eigenvalue weighted by Gasteiger charge is 2.30. The molecule has 1 saturated heterocycles. The number of rotatable bonds is 5. The molecule has 5 nitrogen and oxygen atoms in total. The molecule has 0 N–H and O–H groups in total. The number of nitrogens with zero attached hydrogens (tertiary/aromatic N) is 2. The van der Waals surface area contributed by atoms with Crippen LogP contribution in [0, 0.1) is 6.92 Å². The normalized spacial score (nSPS) is 17.6. The second-order valence-electron chi connectivity index (χ2n) is 5.60. The molecular formula is C15H23ClN2O3S. The van der Waals surface area contributed by atoms with E-state index in [0.29, 0.717) is 30.5 Å². The molecular weight excluding hydrogens is 324 g/mol. The molecule has 1 aliphatic rings. The predicted octanol–water partition coefficient (Wildman–Crippen LogP) is 2.37. The van der Waals surface area contributed by atoms with E-state index in [2.05, 4.69) is 4.90 Å². The van der Waals surface area contributed by atoms with Crippen molar-refractivity contribution in [3.63, 3.8) is 0 Å². The molecule has 0 unspecified atom stereocenters. The van der Waals surface area contributed by atoms with Gasteiger partial charge in [0, 0.05) is 31.2 Å². The molecule has 7 heteroatoms. The van der Waals surface area contributed by atoms with Crippen LogP contribution in [0.25, 0.3) is 0 Å².